The zero-order valence-electron chi connectivity index (χ0n) is 30.3. The van der Waals surface area contributed by atoms with Crippen molar-refractivity contribution in [3.05, 3.63) is 53.7 Å². The Kier molecular flexibility index (Phi) is 13.6. The minimum absolute atomic E-state index is 0.170. The van der Waals surface area contributed by atoms with Crippen LogP contribution in [0.25, 0.3) is 0 Å². The number of hydrogen-bond donors (Lipinski definition) is 3. The van der Waals surface area contributed by atoms with Gasteiger partial charge < -0.3 is 30.9 Å². The highest BCUT2D eigenvalue weighted by Gasteiger charge is 2.29. The first kappa shape index (κ1) is 39.1. The number of benzene rings is 2. The maximum Gasteiger partial charge on any atom is 0.229 e. The second-order valence-electron chi connectivity index (χ2n) is 13.6. The van der Waals surface area contributed by atoms with Crippen molar-refractivity contribution in [2.45, 2.75) is 81.4 Å². The Morgan fingerprint density at radius 1 is 0.942 bits per heavy atom. The van der Waals surface area contributed by atoms with Crippen molar-refractivity contribution in [3.8, 4) is 5.75 Å². The third-order valence-electron chi connectivity index (χ3n) is 9.82. The van der Waals surface area contributed by atoms with E-state index in [0.29, 0.717) is 36.0 Å². The molecule has 2 aliphatic heterocycles. The third kappa shape index (κ3) is 10.0. The molecular weight excluding hydrogens is 704 g/mol. The lowest BCUT2D eigenvalue weighted by molar-refractivity contribution is -0.133. The Bertz CT molecular complexity index is 1790. The number of anilines is 5. The molecule has 4 N–H and O–H groups in total. The van der Waals surface area contributed by atoms with Crippen LogP contribution in [0.5, 0.6) is 5.75 Å². The second-order valence-corrected chi connectivity index (χ2v) is 16.5. The molecule has 0 radical (unpaired) electrons. The van der Waals surface area contributed by atoms with E-state index in [1.54, 1.807) is 45.2 Å². The van der Waals surface area contributed by atoms with E-state index in [1.807, 2.05) is 17.0 Å². The molecule has 0 aliphatic carbocycles. The van der Waals surface area contributed by atoms with Crippen molar-refractivity contribution in [3.63, 3.8) is 0 Å². The molecule has 3 heterocycles. The number of carbonyl (C=O) groups excluding carboxylic acids is 2. The molecule has 0 spiro atoms. The molecule has 282 valence electrons. The van der Waals surface area contributed by atoms with Gasteiger partial charge in [-0.15, -0.1) is 0 Å². The van der Waals surface area contributed by atoms with Crippen LogP contribution in [-0.2, 0) is 19.4 Å². The van der Waals surface area contributed by atoms with E-state index < -0.39 is 15.1 Å². The number of sulfone groups is 1. The molecule has 52 heavy (non-hydrogen) atoms. The van der Waals surface area contributed by atoms with E-state index in [-0.39, 0.29) is 33.5 Å². The van der Waals surface area contributed by atoms with Crippen LogP contribution in [0, 0.1) is 0 Å². The molecular formula is C37H51ClN8O5S. The lowest BCUT2D eigenvalue weighted by atomic mass is 10.0. The van der Waals surface area contributed by atoms with Gasteiger partial charge in [-0.05, 0) is 63.8 Å². The third-order valence-corrected chi connectivity index (χ3v) is 12.3. The van der Waals surface area contributed by atoms with E-state index in [4.69, 9.17) is 22.1 Å². The average molecular weight is 755 g/mol. The molecule has 2 saturated heterocycles. The summed E-state index contributed by atoms with van der Waals surface area (Å²) >= 11 is 6.43. The number of piperazine rings is 1. The van der Waals surface area contributed by atoms with Crippen LogP contribution in [0.2, 0.25) is 5.02 Å². The van der Waals surface area contributed by atoms with Crippen molar-refractivity contribution < 1.29 is 22.7 Å². The van der Waals surface area contributed by atoms with Gasteiger partial charge in [-0.2, -0.15) is 4.98 Å². The number of nitrogens with one attached hydrogen (secondary N) is 2. The van der Waals surface area contributed by atoms with Gasteiger partial charge in [0, 0.05) is 69.9 Å². The monoisotopic (exact) mass is 754 g/mol. The van der Waals surface area contributed by atoms with Crippen molar-refractivity contribution >= 4 is 62.1 Å². The number of primary amides is 1. The predicted octanol–water partition coefficient (Wildman–Crippen LogP) is 5.75. The molecule has 15 heteroatoms. The lowest BCUT2D eigenvalue weighted by Gasteiger charge is -2.43. The summed E-state index contributed by atoms with van der Waals surface area (Å²) in [4.78, 5) is 39.6. The molecule has 0 unspecified atom stereocenters. The largest absolute Gasteiger partial charge is 0.494 e. The van der Waals surface area contributed by atoms with E-state index in [1.165, 1.54) is 6.20 Å². The topological polar surface area (TPSA) is 163 Å². The molecule has 2 aromatic carbocycles. The zero-order chi connectivity index (χ0) is 37.3. The van der Waals surface area contributed by atoms with Crippen molar-refractivity contribution in [2.24, 2.45) is 5.73 Å². The van der Waals surface area contributed by atoms with Gasteiger partial charge in [0.05, 0.1) is 34.8 Å². The van der Waals surface area contributed by atoms with Crippen LogP contribution in [0.4, 0.5) is 28.8 Å². The number of amides is 2. The molecule has 13 nitrogen and oxygen atoms in total. The Morgan fingerprint density at radius 2 is 1.63 bits per heavy atom. The summed E-state index contributed by atoms with van der Waals surface area (Å²) < 4.78 is 31.7. The molecule has 2 aliphatic rings. The number of rotatable bonds is 16. The number of piperidine rings is 1. The lowest BCUT2D eigenvalue weighted by Crippen LogP contribution is -2.54. The second kappa shape index (κ2) is 18.1. The van der Waals surface area contributed by atoms with Gasteiger partial charge in [-0.1, -0.05) is 36.6 Å². The number of nitrogens with two attached hydrogens (primary N) is 1. The number of ether oxygens (including phenoxy) is 1. The maximum atomic E-state index is 13.0. The first-order valence-corrected chi connectivity index (χ1v) is 20.0. The Balaban J connectivity index is 1.13. The van der Waals surface area contributed by atoms with Gasteiger partial charge in [-0.3, -0.25) is 14.5 Å². The standard InChI is InChI=1S/C37H51ClN8O5S/c1-26(2)52(49,50)33-11-9-8-10-31(33)41-36-29(38)25-40-37(43-36)42-30-15-14-28(24-32(30)51-3)44-18-16-27(17-19-44)45-20-22-46(23-21-45)35(48)13-7-5-4-6-12-34(39)47/h8-11,14-15,24-27H,4-7,12-13,16-23H2,1-3H3,(H2,39,47)(H2,40,41,42,43). The molecule has 0 saturated carbocycles. The Morgan fingerprint density at radius 3 is 2.31 bits per heavy atom. The van der Waals surface area contributed by atoms with E-state index >= 15 is 0 Å². The van der Waals surface area contributed by atoms with Crippen LogP contribution in [-0.4, -0.2) is 97.7 Å². The Hall–Kier alpha value is -4.14. The fourth-order valence-corrected chi connectivity index (χ4v) is 8.07. The van der Waals surface area contributed by atoms with E-state index in [0.717, 1.165) is 83.5 Å². The summed E-state index contributed by atoms with van der Waals surface area (Å²) in [5, 5.41) is 5.96. The highest BCUT2D eigenvalue weighted by atomic mass is 35.5. The summed E-state index contributed by atoms with van der Waals surface area (Å²) in [6.45, 7) is 8.46. The maximum absolute atomic E-state index is 13.0. The number of hydrogen-bond acceptors (Lipinski definition) is 11. The van der Waals surface area contributed by atoms with Crippen molar-refractivity contribution in [1.82, 2.24) is 19.8 Å². The fraction of sp³-hybridized carbons (Fsp3) is 0.514. The summed E-state index contributed by atoms with van der Waals surface area (Å²) in [7, 11) is -1.93. The molecule has 2 amide bonds. The highest BCUT2D eigenvalue weighted by Crippen LogP contribution is 2.35. The van der Waals surface area contributed by atoms with Crippen molar-refractivity contribution in [2.75, 3.05) is 61.9 Å². The number of para-hydroxylation sites is 1. The van der Waals surface area contributed by atoms with E-state index in [2.05, 4.69) is 36.5 Å². The normalized spacial score (nSPS) is 15.9. The molecule has 0 atom stereocenters. The smallest absolute Gasteiger partial charge is 0.229 e. The van der Waals surface area contributed by atoms with Crippen LogP contribution in [0.3, 0.4) is 0 Å². The van der Waals surface area contributed by atoms with Gasteiger partial charge in [0.25, 0.3) is 0 Å². The fourth-order valence-electron chi connectivity index (χ4n) is 6.73. The van der Waals surface area contributed by atoms with Crippen LogP contribution >= 0.6 is 11.6 Å². The molecule has 3 aromatic rings. The van der Waals surface area contributed by atoms with Gasteiger partial charge in [0.1, 0.15) is 10.8 Å². The number of methoxy groups -OCH3 is 1. The molecule has 0 bridgehead atoms. The first-order chi connectivity index (χ1) is 25.0. The first-order valence-electron chi connectivity index (χ1n) is 18.1. The molecule has 1 aromatic heterocycles. The minimum Gasteiger partial charge on any atom is -0.494 e. The quantitative estimate of drug-likeness (QED) is 0.153. The van der Waals surface area contributed by atoms with Gasteiger partial charge in [0.15, 0.2) is 15.7 Å². The van der Waals surface area contributed by atoms with E-state index in [9.17, 15) is 18.0 Å². The molecule has 5 rings (SSSR count). The van der Waals surface area contributed by atoms with Crippen LogP contribution in [0.15, 0.2) is 53.6 Å². The number of nitrogens with zero attached hydrogens (tertiary/aromatic N) is 5. The Labute approximate surface area is 312 Å². The number of carbonyl (C=O) groups is 2. The van der Waals surface area contributed by atoms with Gasteiger partial charge in [0.2, 0.25) is 17.8 Å². The average Bonchev–Trinajstić information content (AvgIpc) is 3.14. The van der Waals surface area contributed by atoms with Crippen molar-refractivity contribution in [1.29, 1.82) is 0 Å². The highest BCUT2D eigenvalue weighted by molar-refractivity contribution is 7.92. The van der Waals surface area contributed by atoms with Gasteiger partial charge in [-0.25, -0.2) is 13.4 Å². The number of aromatic nitrogens is 2. The summed E-state index contributed by atoms with van der Waals surface area (Å²) in [5.74, 6) is 1.13. The summed E-state index contributed by atoms with van der Waals surface area (Å²) in [5.41, 5.74) is 7.31. The number of halogens is 1. The predicted molar refractivity (Wildman–Crippen MR) is 206 cm³/mol. The minimum atomic E-state index is -3.55. The van der Waals surface area contributed by atoms with Crippen LogP contribution < -0.4 is 26.0 Å². The number of unbranched alkanes of at least 4 members (excludes halogenated alkanes) is 3. The zero-order valence-corrected chi connectivity index (χ0v) is 31.9. The van der Waals surface area contributed by atoms with Crippen LogP contribution in [0.1, 0.15) is 65.2 Å². The summed E-state index contributed by atoms with van der Waals surface area (Å²) in [6.07, 6.45) is 8.06. The molecule has 2 fully saturated rings. The summed E-state index contributed by atoms with van der Waals surface area (Å²) in [6, 6.07) is 13.2. The van der Waals surface area contributed by atoms with Gasteiger partial charge >= 0.3 is 0 Å². The SMILES string of the molecule is COc1cc(N2CCC(N3CCN(C(=O)CCCCCCC(N)=O)CC3)CC2)ccc1Nc1ncc(Cl)c(Nc2ccccc2S(=O)(=O)C(C)C)n1.